The number of rotatable bonds is 6. The normalized spacial score (nSPS) is 11.2. The van der Waals surface area contributed by atoms with Gasteiger partial charge in [-0.15, -0.1) is 0 Å². The first kappa shape index (κ1) is 19.7. The van der Waals surface area contributed by atoms with E-state index in [1.807, 2.05) is 67.1 Å². The third kappa shape index (κ3) is 4.05. The summed E-state index contributed by atoms with van der Waals surface area (Å²) in [7, 11) is 0. The van der Waals surface area contributed by atoms with Crippen LogP contribution in [0.2, 0.25) is 0 Å². The number of nitrogens with one attached hydrogen (secondary N) is 1. The number of hydrogen-bond acceptors (Lipinski definition) is 5. The van der Waals surface area contributed by atoms with Crippen molar-refractivity contribution in [2.24, 2.45) is 0 Å². The summed E-state index contributed by atoms with van der Waals surface area (Å²) in [5.41, 5.74) is 2.25. The zero-order valence-corrected chi connectivity index (χ0v) is 17.5. The van der Waals surface area contributed by atoms with Crippen molar-refractivity contribution in [1.29, 1.82) is 0 Å². The van der Waals surface area contributed by atoms with Crippen LogP contribution in [0.15, 0.2) is 52.9 Å². The molecule has 7 nitrogen and oxygen atoms in total. The van der Waals surface area contributed by atoms with Gasteiger partial charge in [0, 0.05) is 18.4 Å². The van der Waals surface area contributed by atoms with Crippen LogP contribution in [-0.4, -0.2) is 26.8 Å². The summed E-state index contributed by atoms with van der Waals surface area (Å²) in [4.78, 5) is 16.9. The minimum atomic E-state index is -0.349. The van der Waals surface area contributed by atoms with Gasteiger partial charge in [-0.2, -0.15) is 5.10 Å². The summed E-state index contributed by atoms with van der Waals surface area (Å²) in [6.07, 6.45) is 0.0606. The molecule has 4 rings (SSSR count). The Bertz CT molecular complexity index is 1190. The van der Waals surface area contributed by atoms with E-state index in [2.05, 4.69) is 15.4 Å². The van der Waals surface area contributed by atoms with Crippen LogP contribution in [0.3, 0.4) is 0 Å². The van der Waals surface area contributed by atoms with Crippen LogP contribution in [0.5, 0.6) is 5.75 Å². The molecule has 0 aliphatic rings. The maximum Gasteiger partial charge on any atom is 0.279 e. The molecule has 2 aromatic carbocycles. The second-order valence-electron chi connectivity index (χ2n) is 7.43. The fourth-order valence-electron chi connectivity index (χ4n) is 3.37. The molecule has 7 heteroatoms. The number of oxazole rings is 1. The van der Waals surface area contributed by atoms with Crippen molar-refractivity contribution in [3.05, 3.63) is 71.4 Å². The summed E-state index contributed by atoms with van der Waals surface area (Å²) >= 11 is 0. The van der Waals surface area contributed by atoms with Crippen LogP contribution in [0.1, 0.15) is 41.6 Å². The standard InChI is InChI=1S/C23H24N4O3/c1-14(2)29-18-10-11-19-20(12-18)27(13-17-8-6-5-7-9-17)26-22(19)25-23(28)21-15(3)30-16(4)24-21/h5-12,14H,13H2,1-4H3,(H,25,26,28). The number of carbonyl (C=O) groups excluding carboxylic acids is 1. The number of ether oxygens (including phenoxy) is 1. The molecule has 1 amide bonds. The molecule has 1 N–H and O–H groups in total. The quantitative estimate of drug-likeness (QED) is 0.502. The lowest BCUT2D eigenvalue weighted by atomic mass is 10.2. The molecule has 0 aliphatic carbocycles. The number of benzene rings is 2. The van der Waals surface area contributed by atoms with Gasteiger partial charge in [-0.3, -0.25) is 9.48 Å². The molecule has 0 aliphatic heterocycles. The highest BCUT2D eigenvalue weighted by Gasteiger charge is 2.20. The van der Waals surface area contributed by atoms with Gasteiger partial charge in [-0.05, 0) is 38.5 Å². The van der Waals surface area contributed by atoms with Gasteiger partial charge in [-0.1, -0.05) is 30.3 Å². The first-order chi connectivity index (χ1) is 14.4. The van der Waals surface area contributed by atoms with Crippen molar-refractivity contribution in [3.63, 3.8) is 0 Å². The number of fused-ring (bicyclic) bond motifs is 1. The smallest absolute Gasteiger partial charge is 0.279 e. The lowest BCUT2D eigenvalue weighted by Crippen LogP contribution is -2.14. The van der Waals surface area contributed by atoms with Gasteiger partial charge in [-0.25, -0.2) is 4.98 Å². The van der Waals surface area contributed by atoms with E-state index in [1.54, 1.807) is 13.8 Å². The van der Waals surface area contributed by atoms with Crippen LogP contribution in [-0.2, 0) is 6.54 Å². The Morgan fingerprint density at radius 1 is 1.17 bits per heavy atom. The Morgan fingerprint density at radius 3 is 2.60 bits per heavy atom. The van der Waals surface area contributed by atoms with E-state index in [9.17, 15) is 4.79 Å². The molecular formula is C23H24N4O3. The first-order valence-corrected chi connectivity index (χ1v) is 9.87. The minimum absolute atomic E-state index is 0.0606. The maximum absolute atomic E-state index is 12.8. The molecule has 0 spiro atoms. The topological polar surface area (TPSA) is 82.2 Å². The largest absolute Gasteiger partial charge is 0.491 e. The Labute approximate surface area is 174 Å². The number of aryl methyl sites for hydroxylation is 2. The average molecular weight is 404 g/mol. The van der Waals surface area contributed by atoms with Crippen LogP contribution in [0.4, 0.5) is 5.82 Å². The third-order valence-electron chi connectivity index (χ3n) is 4.62. The molecule has 0 saturated carbocycles. The summed E-state index contributed by atoms with van der Waals surface area (Å²) in [6, 6.07) is 15.8. The van der Waals surface area contributed by atoms with E-state index in [4.69, 9.17) is 9.15 Å². The van der Waals surface area contributed by atoms with Crippen LogP contribution >= 0.6 is 0 Å². The highest BCUT2D eigenvalue weighted by atomic mass is 16.5. The molecular weight excluding hydrogens is 380 g/mol. The van der Waals surface area contributed by atoms with E-state index < -0.39 is 0 Å². The molecule has 4 aromatic rings. The summed E-state index contributed by atoms with van der Waals surface area (Å²) in [5.74, 6) is 1.81. The second-order valence-corrected chi connectivity index (χ2v) is 7.43. The molecule has 0 unspecified atom stereocenters. The van der Waals surface area contributed by atoms with E-state index in [0.717, 1.165) is 22.2 Å². The first-order valence-electron chi connectivity index (χ1n) is 9.87. The number of carbonyl (C=O) groups is 1. The van der Waals surface area contributed by atoms with Gasteiger partial charge in [0.25, 0.3) is 5.91 Å². The van der Waals surface area contributed by atoms with Crippen LogP contribution in [0, 0.1) is 13.8 Å². The molecule has 2 aromatic heterocycles. The molecule has 0 fully saturated rings. The number of anilines is 1. The zero-order chi connectivity index (χ0) is 21.3. The second kappa shape index (κ2) is 8.02. The number of aromatic nitrogens is 3. The average Bonchev–Trinajstić information content (AvgIpc) is 3.21. The van der Waals surface area contributed by atoms with Gasteiger partial charge < -0.3 is 14.5 Å². The summed E-state index contributed by atoms with van der Waals surface area (Å²) in [5, 5.41) is 8.39. The SMILES string of the molecule is Cc1nc(C(=O)Nc2nn(Cc3ccccc3)c3cc(OC(C)C)ccc23)c(C)o1. The number of nitrogens with zero attached hydrogens (tertiary/aromatic N) is 3. The molecule has 30 heavy (non-hydrogen) atoms. The van der Waals surface area contributed by atoms with Gasteiger partial charge in [0.2, 0.25) is 0 Å². The lowest BCUT2D eigenvalue weighted by Gasteiger charge is -2.10. The zero-order valence-electron chi connectivity index (χ0n) is 17.5. The van der Waals surface area contributed by atoms with Crippen LogP contribution < -0.4 is 10.1 Å². The monoisotopic (exact) mass is 404 g/mol. The highest BCUT2D eigenvalue weighted by Crippen LogP contribution is 2.29. The van der Waals surface area contributed by atoms with Crippen molar-refractivity contribution in [3.8, 4) is 5.75 Å². The minimum Gasteiger partial charge on any atom is -0.491 e. The predicted octanol–water partition coefficient (Wildman–Crippen LogP) is 4.73. The van der Waals surface area contributed by atoms with Crippen molar-refractivity contribution in [1.82, 2.24) is 14.8 Å². The predicted molar refractivity (Wildman–Crippen MR) is 115 cm³/mol. The Kier molecular flexibility index (Phi) is 5.27. The third-order valence-corrected chi connectivity index (χ3v) is 4.62. The Morgan fingerprint density at radius 2 is 1.93 bits per heavy atom. The highest BCUT2D eigenvalue weighted by molar-refractivity contribution is 6.07. The van der Waals surface area contributed by atoms with Crippen molar-refractivity contribution in [2.75, 3.05) is 5.32 Å². The molecule has 0 saturated heterocycles. The van der Waals surface area contributed by atoms with E-state index in [-0.39, 0.29) is 17.7 Å². The summed E-state index contributed by atoms with van der Waals surface area (Å²) in [6.45, 7) is 7.97. The molecule has 154 valence electrons. The Balaban J connectivity index is 1.73. The Hall–Kier alpha value is -3.61. The summed E-state index contributed by atoms with van der Waals surface area (Å²) < 4.78 is 13.1. The van der Waals surface area contributed by atoms with Crippen molar-refractivity contribution in [2.45, 2.75) is 40.3 Å². The maximum atomic E-state index is 12.8. The van der Waals surface area contributed by atoms with Gasteiger partial charge >= 0.3 is 0 Å². The van der Waals surface area contributed by atoms with E-state index >= 15 is 0 Å². The lowest BCUT2D eigenvalue weighted by molar-refractivity contribution is 0.102. The molecule has 0 bridgehead atoms. The van der Waals surface area contributed by atoms with Crippen molar-refractivity contribution >= 4 is 22.6 Å². The van der Waals surface area contributed by atoms with Gasteiger partial charge in [0.05, 0.1) is 18.2 Å². The fraction of sp³-hybridized carbons (Fsp3) is 0.261. The number of amides is 1. The van der Waals surface area contributed by atoms with Crippen LogP contribution in [0.25, 0.3) is 10.9 Å². The van der Waals surface area contributed by atoms with Gasteiger partial charge in [0.1, 0.15) is 11.5 Å². The van der Waals surface area contributed by atoms with Gasteiger partial charge in [0.15, 0.2) is 17.4 Å². The molecule has 0 radical (unpaired) electrons. The fourth-order valence-corrected chi connectivity index (χ4v) is 3.37. The molecule has 2 heterocycles. The van der Waals surface area contributed by atoms with E-state index in [1.165, 1.54) is 0 Å². The molecule has 0 atom stereocenters. The van der Waals surface area contributed by atoms with Crippen molar-refractivity contribution < 1.29 is 13.9 Å². The number of hydrogen-bond donors (Lipinski definition) is 1. The van der Waals surface area contributed by atoms with E-state index in [0.29, 0.717) is 24.0 Å².